The maximum Gasteiger partial charge on any atom is 0.337 e. The number of carbonyl (C=O) groups is 3. The molecule has 6 rings (SSSR count). The number of rotatable bonds is 6. The SMILES string of the molecule is COC(=O)c1ccc(NC2=NC3=NC(Nc4ccc(C(=O)OC)cc4)=NC4=NC(Nc5ccc(C(=O)OC)cc5)=NC(=N2)N34)cc1. The molecule has 0 fully saturated rings. The zero-order valence-electron chi connectivity index (χ0n) is 24.5. The smallest absolute Gasteiger partial charge is 0.337 e. The average molecular weight is 621 g/mol. The van der Waals surface area contributed by atoms with Crippen LogP contribution >= 0.6 is 0 Å². The van der Waals surface area contributed by atoms with Crippen molar-refractivity contribution in [3.8, 4) is 0 Å². The fourth-order valence-corrected chi connectivity index (χ4v) is 4.26. The number of nitrogens with one attached hydrogen (secondary N) is 3. The van der Waals surface area contributed by atoms with Crippen molar-refractivity contribution in [1.82, 2.24) is 4.90 Å². The van der Waals surface area contributed by atoms with E-state index in [4.69, 9.17) is 14.2 Å². The van der Waals surface area contributed by atoms with E-state index in [0.29, 0.717) is 33.8 Å². The highest BCUT2D eigenvalue weighted by Gasteiger charge is 2.35. The van der Waals surface area contributed by atoms with Gasteiger partial charge in [-0.25, -0.2) is 19.3 Å². The van der Waals surface area contributed by atoms with Crippen molar-refractivity contribution < 1.29 is 28.6 Å². The number of guanidine groups is 6. The lowest BCUT2D eigenvalue weighted by Crippen LogP contribution is -2.49. The van der Waals surface area contributed by atoms with Crippen LogP contribution in [0.25, 0.3) is 0 Å². The Morgan fingerprint density at radius 1 is 0.457 bits per heavy atom. The van der Waals surface area contributed by atoms with Crippen molar-refractivity contribution in [2.45, 2.75) is 0 Å². The summed E-state index contributed by atoms with van der Waals surface area (Å²) in [6, 6.07) is 19.7. The monoisotopic (exact) mass is 620 g/mol. The topological polar surface area (TPSA) is 192 Å². The molecule has 3 aromatic carbocycles. The van der Waals surface area contributed by atoms with Crippen LogP contribution in [0.15, 0.2) is 103 Å². The summed E-state index contributed by atoms with van der Waals surface area (Å²) >= 11 is 0. The summed E-state index contributed by atoms with van der Waals surface area (Å²) in [6.45, 7) is 0. The minimum Gasteiger partial charge on any atom is -0.465 e. The summed E-state index contributed by atoms with van der Waals surface area (Å²) in [7, 11) is 3.93. The third-order valence-corrected chi connectivity index (χ3v) is 6.52. The fourth-order valence-electron chi connectivity index (χ4n) is 4.26. The molecule has 3 heterocycles. The number of anilines is 3. The first kappa shape index (κ1) is 29.4. The first-order chi connectivity index (χ1) is 22.3. The van der Waals surface area contributed by atoms with E-state index in [1.165, 1.54) is 26.2 Å². The highest BCUT2D eigenvalue weighted by atomic mass is 16.5. The van der Waals surface area contributed by atoms with Crippen molar-refractivity contribution in [2.24, 2.45) is 30.0 Å². The third-order valence-electron chi connectivity index (χ3n) is 6.52. The summed E-state index contributed by atoms with van der Waals surface area (Å²) < 4.78 is 14.3. The van der Waals surface area contributed by atoms with Gasteiger partial charge in [0.15, 0.2) is 0 Å². The maximum absolute atomic E-state index is 11.8. The van der Waals surface area contributed by atoms with Gasteiger partial charge in [0, 0.05) is 17.1 Å². The second-order valence-corrected chi connectivity index (χ2v) is 9.46. The molecule has 230 valence electrons. The molecule has 0 unspecified atom stereocenters. The first-order valence-electron chi connectivity index (χ1n) is 13.5. The van der Waals surface area contributed by atoms with Gasteiger partial charge in [0.05, 0.1) is 38.0 Å². The molecule has 0 atom stereocenters. The van der Waals surface area contributed by atoms with Crippen LogP contribution in [0.3, 0.4) is 0 Å². The van der Waals surface area contributed by atoms with Gasteiger partial charge in [-0.05, 0) is 72.8 Å². The molecule has 3 N–H and O–H groups in total. The zero-order chi connectivity index (χ0) is 32.2. The average Bonchev–Trinajstić information content (AvgIpc) is 3.08. The molecule has 0 saturated carbocycles. The largest absolute Gasteiger partial charge is 0.465 e. The standard InChI is InChI=1S/C30H24N10O6/c1-44-22(41)16-4-10-19(11-5-16)31-25-34-28-36-26(32-20-12-6-17(7-13-20)23(42)45-2)38-30-39-27(37-29(35-25)40(28)30)33-21-14-8-18(9-15-21)24(43)46-3/h4-15H,1-3H3,(H3,31,32,33,34,35,36,37,38,39). The number of aliphatic imine (C=N–C) groups is 6. The Hall–Kier alpha value is -6.71. The predicted molar refractivity (Wildman–Crippen MR) is 171 cm³/mol. The lowest BCUT2D eigenvalue weighted by Gasteiger charge is -2.30. The Labute approximate surface area is 261 Å². The highest BCUT2D eigenvalue weighted by molar-refractivity contribution is 6.32. The molecule has 0 spiro atoms. The lowest BCUT2D eigenvalue weighted by atomic mass is 10.2. The van der Waals surface area contributed by atoms with Crippen molar-refractivity contribution >= 4 is 70.7 Å². The lowest BCUT2D eigenvalue weighted by molar-refractivity contribution is 0.0592. The van der Waals surface area contributed by atoms with Gasteiger partial charge in [0.1, 0.15) is 0 Å². The summed E-state index contributed by atoms with van der Waals surface area (Å²) in [5.74, 6) is -0.391. The molecule has 46 heavy (non-hydrogen) atoms. The van der Waals surface area contributed by atoms with Gasteiger partial charge in [-0.3, -0.25) is 0 Å². The van der Waals surface area contributed by atoms with Gasteiger partial charge >= 0.3 is 17.9 Å². The molecule has 0 amide bonds. The van der Waals surface area contributed by atoms with Gasteiger partial charge < -0.3 is 30.2 Å². The molecular formula is C30H24N10O6. The molecule has 0 saturated heterocycles. The number of hydrogen-bond acceptors (Lipinski definition) is 16. The minimum absolute atomic E-state index is 0.159. The second kappa shape index (κ2) is 12.5. The van der Waals surface area contributed by atoms with Gasteiger partial charge in [0.25, 0.3) is 0 Å². The van der Waals surface area contributed by atoms with Crippen molar-refractivity contribution in [1.29, 1.82) is 0 Å². The Morgan fingerprint density at radius 3 is 0.957 bits per heavy atom. The number of methoxy groups -OCH3 is 3. The summed E-state index contributed by atoms with van der Waals surface area (Å²) in [4.78, 5) is 64.3. The van der Waals surface area contributed by atoms with Gasteiger partial charge in [-0.1, -0.05) is 0 Å². The predicted octanol–water partition coefficient (Wildman–Crippen LogP) is 3.16. The Balaban J connectivity index is 1.32. The van der Waals surface area contributed by atoms with E-state index in [1.807, 2.05) is 0 Å². The first-order valence-corrected chi connectivity index (χ1v) is 13.5. The molecule has 0 aliphatic carbocycles. The molecule has 0 aromatic heterocycles. The van der Waals surface area contributed by atoms with Gasteiger partial charge in [-0.2, -0.15) is 30.0 Å². The highest BCUT2D eigenvalue weighted by Crippen LogP contribution is 2.21. The van der Waals surface area contributed by atoms with Crippen LogP contribution in [0.1, 0.15) is 31.1 Å². The van der Waals surface area contributed by atoms with Gasteiger partial charge in [-0.15, -0.1) is 0 Å². The van der Waals surface area contributed by atoms with Crippen LogP contribution in [0.5, 0.6) is 0 Å². The number of benzene rings is 3. The van der Waals surface area contributed by atoms with Crippen molar-refractivity contribution in [3.63, 3.8) is 0 Å². The molecule has 3 aliphatic heterocycles. The Kier molecular flexibility index (Phi) is 7.97. The number of ether oxygens (including phenoxy) is 3. The van der Waals surface area contributed by atoms with Crippen LogP contribution in [0.2, 0.25) is 0 Å². The fraction of sp³-hybridized carbons (Fsp3) is 0.100. The molecular weight excluding hydrogens is 596 g/mol. The quantitative estimate of drug-likeness (QED) is 0.272. The number of nitrogens with zero attached hydrogens (tertiary/aromatic N) is 7. The van der Waals surface area contributed by atoms with E-state index in [9.17, 15) is 14.4 Å². The van der Waals surface area contributed by atoms with E-state index in [-0.39, 0.29) is 35.8 Å². The van der Waals surface area contributed by atoms with E-state index >= 15 is 0 Å². The normalized spacial score (nSPS) is 14.5. The van der Waals surface area contributed by atoms with Crippen molar-refractivity contribution in [2.75, 3.05) is 37.3 Å². The molecule has 3 aliphatic rings. The number of carbonyl (C=O) groups excluding carboxylic acids is 3. The maximum atomic E-state index is 11.8. The van der Waals surface area contributed by atoms with E-state index in [0.717, 1.165) is 0 Å². The molecule has 16 nitrogen and oxygen atoms in total. The molecule has 0 bridgehead atoms. The van der Waals surface area contributed by atoms with Crippen LogP contribution < -0.4 is 16.0 Å². The third kappa shape index (κ3) is 6.16. The summed E-state index contributed by atoms with van der Waals surface area (Å²) in [5.41, 5.74) is 2.93. The molecule has 0 radical (unpaired) electrons. The minimum atomic E-state index is -0.461. The van der Waals surface area contributed by atoms with Gasteiger partial charge in [0.2, 0.25) is 35.8 Å². The Morgan fingerprint density at radius 2 is 0.717 bits per heavy atom. The Bertz CT molecular complexity index is 1690. The summed E-state index contributed by atoms with van der Waals surface area (Å²) in [5, 5.41) is 9.30. The van der Waals surface area contributed by atoms with Crippen LogP contribution in [0.4, 0.5) is 17.1 Å². The van der Waals surface area contributed by atoms with E-state index in [1.54, 1.807) is 72.8 Å². The molecule has 16 heteroatoms. The summed E-state index contributed by atoms with van der Waals surface area (Å²) in [6.07, 6.45) is 0. The molecule has 3 aromatic rings. The van der Waals surface area contributed by atoms with E-state index < -0.39 is 17.9 Å². The zero-order valence-corrected chi connectivity index (χ0v) is 24.5. The van der Waals surface area contributed by atoms with Crippen LogP contribution in [0, 0.1) is 0 Å². The second-order valence-electron chi connectivity index (χ2n) is 9.46. The van der Waals surface area contributed by atoms with Crippen LogP contribution in [-0.4, -0.2) is 79.9 Å². The van der Waals surface area contributed by atoms with E-state index in [2.05, 4.69) is 45.9 Å². The van der Waals surface area contributed by atoms with Crippen molar-refractivity contribution in [3.05, 3.63) is 89.5 Å². The van der Waals surface area contributed by atoms with Crippen LogP contribution in [-0.2, 0) is 14.2 Å². The number of hydrogen-bond donors (Lipinski definition) is 3. The number of esters is 3.